The molecule has 126 valence electrons. The third-order valence-corrected chi connectivity index (χ3v) is 9.57. The zero-order chi connectivity index (χ0) is 17.8. The van der Waals surface area contributed by atoms with Crippen LogP contribution in [0.25, 0.3) is 22.5 Å². The maximum Gasteiger partial charge on any atom is 0.377 e. The number of fused-ring (bicyclic) bond motifs is 11. The Kier molecular flexibility index (Phi) is 2.34. The van der Waals surface area contributed by atoms with Crippen molar-refractivity contribution in [1.82, 2.24) is 0 Å². The normalized spacial score (nSPS) is 20.0. The standard InChI is InChI=1S/C22H13BNO2P/c25-27-20-11-4-2-6-14(20)15-8-5-10-19(22(15)27)24-18-12-13-26-21(18)16-7-1-3-9-17(16)23(24)27/h1-13H. The van der Waals surface area contributed by atoms with Crippen LogP contribution >= 0.6 is 7.02 Å². The van der Waals surface area contributed by atoms with E-state index in [1.165, 1.54) is 0 Å². The second-order valence-corrected chi connectivity index (χ2v) is 10.0. The van der Waals surface area contributed by atoms with Crippen LogP contribution in [0.15, 0.2) is 83.5 Å². The lowest BCUT2D eigenvalue weighted by Crippen LogP contribution is -2.47. The Labute approximate surface area is 156 Å². The van der Waals surface area contributed by atoms with Crippen molar-refractivity contribution in [3.63, 3.8) is 0 Å². The average Bonchev–Trinajstić information content (AvgIpc) is 3.37. The van der Waals surface area contributed by atoms with E-state index in [-0.39, 0.29) is 6.57 Å². The lowest BCUT2D eigenvalue weighted by Gasteiger charge is -2.32. The maximum absolute atomic E-state index is 14.9. The average molecular weight is 365 g/mol. The number of nitrogens with zero attached hydrogens (tertiary/aromatic N) is 1. The topological polar surface area (TPSA) is 33.5 Å². The molecule has 7 rings (SSSR count). The molecule has 0 radical (unpaired) electrons. The van der Waals surface area contributed by atoms with E-state index in [1.54, 1.807) is 6.26 Å². The van der Waals surface area contributed by atoms with E-state index in [0.29, 0.717) is 0 Å². The first-order valence-electron chi connectivity index (χ1n) is 9.09. The van der Waals surface area contributed by atoms with Crippen LogP contribution in [0.2, 0.25) is 0 Å². The van der Waals surface area contributed by atoms with Crippen LogP contribution in [0, 0.1) is 0 Å². The van der Waals surface area contributed by atoms with Crippen molar-refractivity contribution < 1.29 is 8.98 Å². The molecule has 1 atom stereocenters. The molecule has 5 heteroatoms. The highest BCUT2D eigenvalue weighted by Crippen LogP contribution is 2.65. The van der Waals surface area contributed by atoms with Gasteiger partial charge in [0.05, 0.1) is 12.0 Å². The number of hydrogen-bond donors (Lipinski definition) is 0. The van der Waals surface area contributed by atoms with Crippen LogP contribution in [-0.2, 0) is 4.57 Å². The summed E-state index contributed by atoms with van der Waals surface area (Å²) in [5.41, 5.74) is 6.43. The molecule has 0 aliphatic carbocycles. The third kappa shape index (κ3) is 1.41. The van der Waals surface area contributed by atoms with Gasteiger partial charge in [0.25, 0.3) is 0 Å². The van der Waals surface area contributed by atoms with E-state index in [9.17, 15) is 4.57 Å². The summed E-state index contributed by atoms with van der Waals surface area (Å²) in [6.07, 6.45) is 1.73. The molecule has 0 amide bonds. The molecule has 27 heavy (non-hydrogen) atoms. The van der Waals surface area contributed by atoms with Crippen LogP contribution in [0.5, 0.6) is 0 Å². The number of rotatable bonds is 0. The Morgan fingerprint density at radius 2 is 1.56 bits per heavy atom. The molecular formula is C22H13BNO2P. The first-order chi connectivity index (χ1) is 13.3. The molecule has 0 N–H and O–H groups in total. The number of furan rings is 1. The summed E-state index contributed by atoms with van der Waals surface area (Å²) in [4.78, 5) is 2.25. The Bertz CT molecular complexity index is 1340. The second-order valence-electron chi connectivity index (χ2n) is 7.31. The lowest BCUT2D eigenvalue weighted by atomic mass is 9.71. The summed E-state index contributed by atoms with van der Waals surface area (Å²) < 4.78 is 20.7. The minimum atomic E-state index is -2.85. The highest BCUT2D eigenvalue weighted by atomic mass is 31.2. The van der Waals surface area contributed by atoms with Crippen LogP contribution in [0.3, 0.4) is 0 Å². The van der Waals surface area contributed by atoms with Gasteiger partial charge in [0.15, 0.2) is 5.76 Å². The Morgan fingerprint density at radius 3 is 2.48 bits per heavy atom. The predicted molar refractivity (Wildman–Crippen MR) is 110 cm³/mol. The van der Waals surface area contributed by atoms with Crippen LogP contribution in [0.1, 0.15) is 0 Å². The molecule has 3 aromatic carbocycles. The third-order valence-electron chi connectivity index (χ3n) is 6.14. The molecule has 0 fully saturated rings. The molecule has 0 spiro atoms. The first-order valence-corrected chi connectivity index (χ1v) is 10.9. The van der Waals surface area contributed by atoms with Crippen molar-refractivity contribution in [1.29, 1.82) is 0 Å². The van der Waals surface area contributed by atoms with Crippen molar-refractivity contribution >= 4 is 41.0 Å². The van der Waals surface area contributed by atoms with E-state index < -0.39 is 7.02 Å². The number of anilines is 2. The molecule has 0 saturated carbocycles. The summed E-state index contributed by atoms with van der Waals surface area (Å²) in [6, 6.07) is 24.7. The van der Waals surface area contributed by atoms with Crippen molar-refractivity contribution in [3.05, 3.63) is 79.1 Å². The molecular weight excluding hydrogens is 352 g/mol. The molecule has 0 bridgehead atoms. The predicted octanol–water partition coefficient (Wildman–Crippen LogP) is 4.10. The van der Waals surface area contributed by atoms with Crippen molar-refractivity contribution in [3.8, 4) is 22.5 Å². The summed E-state index contributed by atoms with van der Waals surface area (Å²) in [6.45, 7) is -0.210. The van der Waals surface area contributed by atoms with E-state index in [0.717, 1.165) is 49.9 Å². The summed E-state index contributed by atoms with van der Waals surface area (Å²) >= 11 is 0. The fourth-order valence-corrected chi connectivity index (χ4v) is 9.05. The molecule has 4 heterocycles. The lowest BCUT2D eigenvalue weighted by molar-refractivity contribution is 0.583. The summed E-state index contributed by atoms with van der Waals surface area (Å²) in [5.74, 6) is 0.862. The van der Waals surface area contributed by atoms with Gasteiger partial charge in [-0.25, -0.2) is 0 Å². The monoisotopic (exact) mass is 365 g/mol. The van der Waals surface area contributed by atoms with Crippen LogP contribution in [-0.4, -0.2) is 6.57 Å². The Balaban J connectivity index is 1.68. The van der Waals surface area contributed by atoms with E-state index in [4.69, 9.17) is 4.42 Å². The van der Waals surface area contributed by atoms with Crippen LogP contribution < -0.4 is 20.9 Å². The molecule has 3 aliphatic heterocycles. The molecule has 3 nitrogen and oxygen atoms in total. The maximum atomic E-state index is 14.9. The first kappa shape index (κ1) is 14.1. The minimum Gasteiger partial charge on any atom is -0.462 e. The quantitative estimate of drug-likeness (QED) is 0.348. The zero-order valence-electron chi connectivity index (χ0n) is 14.3. The second kappa shape index (κ2) is 4.47. The Morgan fingerprint density at radius 1 is 0.778 bits per heavy atom. The number of benzene rings is 3. The van der Waals surface area contributed by atoms with E-state index in [2.05, 4.69) is 47.3 Å². The SMILES string of the molecule is O=P12B3c4ccccc4-c4occc4N3c3cccc(c31)-c1ccccc12. The van der Waals surface area contributed by atoms with Gasteiger partial charge in [0, 0.05) is 21.9 Å². The molecule has 3 aliphatic rings. The van der Waals surface area contributed by atoms with E-state index >= 15 is 0 Å². The van der Waals surface area contributed by atoms with Gasteiger partial charge in [-0.1, -0.05) is 60.7 Å². The summed E-state index contributed by atoms with van der Waals surface area (Å²) in [7, 11) is -2.85. The van der Waals surface area contributed by atoms with Crippen molar-refractivity contribution in [2.24, 2.45) is 0 Å². The van der Waals surface area contributed by atoms with Gasteiger partial charge in [-0.15, -0.1) is 0 Å². The van der Waals surface area contributed by atoms with Gasteiger partial charge in [-0.2, -0.15) is 0 Å². The minimum absolute atomic E-state index is 0.210. The Hall–Kier alpha value is -2.97. The smallest absolute Gasteiger partial charge is 0.377 e. The largest absolute Gasteiger partial charge is 0.462 e. The highest BCUT2D eigenvalue weighted by Gasteiger charge is 2.60. The van der Waals surface area contributed by atoms with Gasteiger partial charge in [0.2, 0.25) is 0 Å². The molecule has 4 aromatic rings. The van der Waals surface area contributed by atoms with E-state index in [1.807, 2.05) is 30.3 Å². The van der Waals surface area contributed by atoms with Gasteiger partial charge in [-0.05, 0) is 28.7 Å². The summed E-state index contributed by atoms with van der Waals surface area (Å²) in [5, 5.41) is 2.00. The number of hydrogen-bond acceptors (Lipinski definition) is 3. The zero-order valence-corrected chi connectivity index (χ0v) is 15.2. The fraction of sp³-hybridized carbons (Fsp3) is 0. The van der Waals surface area contributed by atoms with Crippen molar-refractivity contribution in [2.45, 2.75) is 0 Å². The van der Waals surface area contributed by atoms with Gasteiger partial charge < -0.3 is 13.8 Å². The molecule has 1 aromatic heterocycles. The highest BCUT2D eigenvalue weighted by molar-refractivity contribution is 8.09. The van der Waals surface area contributed by atoms with Crippen molar-refractivity contribution in [2.75, 3.05) is 4.81 Å². The van der Waals surface area contributed by atoms with Gasteiger partial charge in [-0.3, -0.25) is 0 Å². The molecule has 0 saturated heterocycles. The van der Waals surface area contributed by atoms with Crippen LogP contribution in [0.4, 0.5) is 11.4 Å². The van der Waals surface area contributed by atoms with Gasteiger partial charge >= 0.3 is 6.57 Å². The molecule has 1 unspecified atom stereocenters. The fourth-order valence-electron chi connectivity index (χ4n) is 5.17. The van der Waals surface area contributed by atoms with Gasteiger partial charge in [0.1, 0.15) is 7.02 Å².